The lowest BCUT2D eigenvalue weighted by atomic mass is 10.1. The molecule has 0 amide bonds. The van der Waals surface area contributed by atoms with E-state index in [0.29, 0.717) is 18.0 Å². The molecule has 0 saturated heterocycles. The third-order valence-corrected chi connectivity index (χ3v) is 6.00. The normalized spacial score (nSPS) is 11.9. The number of halogens is 1. The van der Waals surface area contributed by atoms with Gasteiger partial charge in [-0.3, -0.25) is 0 Å². The molecule has 1 heterocycles. The van der Waals surface area contributed by atoms with Crippen molar-refractivity contribution < 1.29 is 13.9 Å². The number of rotatable bonds is 16. The van der Waals surface area contributed by atoms with Crippen LogP contribution >= 0.6 is 0 Å². The van der Waals surface area contributed by atoms with Crippen LogP contribution in [-0.2, 0) is 0 Å². The zero-order chi connectivity index (χ0) is 24.7. The number of hydrogen-bond donors (Lipinski definition) is 0. The maximum absolute atomic E-state index is 13.6. The van der Waals surface area contributed by atoms with Crippen LogP contribution in [0.2, 0.25) is 0 Å². The fraction of sp³-hybridized carbons (Fsp3) is 0.467. The molecule has 1 aromatic heterocycles. The molecule has 2 aromatic carbocycles. The van der Waals surface area contributed by atoms with Crippen molar-refractivity contribution in [1.82, 2.24) is 9.97 Å². The van der Waals surface area contributed by atoms with Crippen molar-refractivity contribution in [3.05, 3.63) is 60.9 Å². The van der Waals surface area contributed by atoms with Crippen LogP contribution in [0.15, 0.2) is 60.9 Å². The largest absolute Gasteiger partial charge is 0.494 e. The molecule has 3 rings (SSSR count). The number of unbranched alkanes of at least 4 members (excludes halogenated alkanes) is 6. The van der Waals surface area contributed by atoms with Gasteiger partial charge in [0.05, 0.1) is 6.61 Å². The van der Waals surface area contributed by atoms with Gasteiger partial charge >= 0.3 is 0 Å². The molecule has 3 aromatic rings. The summed E-state index contributed by atoms with van der Waals surface area (Å²) in [7, 11) is 0. The Hall–Kier alpha value is -2.95. The Morgan fingerprint density at radius 3 is 1.86 bits per heavy atom. The van der Waals surface area contributed by atoms with Gasteiger partial charge in [0, 0.05) is 23.5 Å². The summed E-state index contributed by atoms with van der Waals surface area (Å²) in [6, 6.07) is 15.6. The van der Waals surface area contributed by atoms with Gasteiger partial charge in [-0.25, -0.2) is 14.4 Å². The van der Waals surface area contributed by atoms with Crippen LogP contribution in [-0.4, -0.2) is 29.4 Å². The first-order valence-electron chi connectivity index (χ1n) is 13.1. The van der Waals surface area contributed by atoms with Gasteiger partial charge in [0.15, 0.2) is 5.82 Å². The van der Waals surface area contributed by atoms with Gasteiger partial charge in [0.25, 0.3) is 0 Å². The molecule has 1 unspecified atom stereocenters. The minimum absolute atomic E-state index is 0.0912. The summed E-state index contributed by atoms with van der Waals surface area (Å²) in [5.74, 6) is 2.23. The predicted molar refractivity (Wildman–Crippen MR) is 142 cm³/mol. The number of ether oxygens (including phenoxy) is 2. The van der Waals surface area contributed by atoms with Gasteiger partial charge in [-0.05, 0) is 54.8 Å². The van der Waals surface area contributed by atoms with Crippen molar-refractivity contribution in [1.29, 1.82) is 0 Å². The number of alkyl halides is 1. The van der Waals surface area contributed by atoms with Crippen LogP contribution in [0.4, 0.5) is 4.39 Å². The number of benzene rings is 2. The van der Waals surface area contributed by atoms with E-state index in [-0.39, 0.29) is 6.61 Å². The zero-order valence-electron chi connectivity index (χ0n) is 21.2. The zero-order valence-corrected chi connectivity index (χ0v) is 21.2. The van der Waals surface area contributed by atoms with E-state index in [9.17, 15) is 4.39 Å². The van der Waals surface area contributed by atoms with Crippen LogP contribution in [0.1, 0.15) is 71.6 Å². The smallest absolute Gasteiger partial charge is 0.159 e. The first-order chi connectivity index (χ1) is 17.2. The van der Waals surface area contributed by atoms with Gasteiger partial charge in [0.2, 0.25) is 0 Å². The number of nitrogens with zero attached hydrogens (tertiary/aromatic N) is 2. The molecule has 0 N–H and O–H groups in total. The molecule has 0 saturated carbocycles. The molecule has 0 radical (unpaired) electrons. The molecule has 188 valence electrons. The summed E-state index contributed by atoms with van der Waals surface area (Å²) in [5, 5.41) is 0. The van der Waals surface area contributed by atoms with E-state index >= 15 is 0 Å². The lowest BCUT2D eigenvalue weighted by Crippen LogP contribution is -2.12. The van der Waals surface area contributed by atoms with E-state index in [4.69, 9.17) is 9.47 Å². The summed E-state index contributed by atoms with van der Waals surface area (Å²) in [6.07, 6.45) is 13.0. The van der Waals surface area contributed by atoms with Crippen molar-refractivity contribution in [2.45, 2.75) is 77.8 Å². The Morgan fingerprint density at radius 1 is 0.657 bits per heavy atom. The third-order valence-electron chi connectivity index (χ3n) is 6.00. The molecular weight excluding hydrogens is 439 g/mol. The summed E-state index contributed by atoms with van der Waals surface area (Å²) in [6.45, 7) is 5.07. The molecule has 1 atom stereocenters. The van der Waals surface area contributed by atoms with Gasteiger partial charge in [-0.15, -0.1) is 0 Å². The average Bonchev–Trinajstić information content (AvgIpc) is 2.90. The number of hydrogen-bond acceptors (Lipinski definition) is 4. The molecule has 35 heavy (non-hydrogen) atoms. The molecule has 0 aliphatic carbocycles. The summed E-state index contributed by atoms with van der Waals surface area (Å²) < 4.78 is 25.0. The maximum Gasteiger partial charge on any atom is 0.159 e. The van der Waals surface area contributed by atoms with Crippen LogP contribution in [0.3, 0.4) is 0 Å². The molecule has 5 heteroatoms. The monoisotopic (exact) mass is 478 g/mol. The molecule has 0 fully saturated rings. The van der Waals surface area contributed by atoms with Gasteiger partial charge in [-0.2, -0.15) is 0 Å². The van der Waals surface area contributed by atoms with E-state index in [1.165, 1.54) is 38.5 Å². The lowest BCUT2D eigenvalue weighted by molar-refractivity contribution is 0.186. The van der Waals surface area contributed by atoms with Crippen molar-refractivity contribution in [2.75, 3.05) is 13.2 Å². The van der Waals surface area contributed by atoms with Gasteiger partial charge in [-0.1, -0.05) is 70.9 Å². The van der Waals surface area contributed by atoms with Crippen LogP contribution in [0, 0.1) is 0 Å². The Balaban J connectivity index is 1.45. The van der Waals surface area contributed by atoms with Crippen molar-refractivity contribution in [2.24, 2.45) is 0 Å². The highest BCUT2D eigenvalue weighted by atomic mass is 19.1. The maximum atomic E-state index is 13.6. The topological polar surface area (TPSA) is 44.2 Å². The third kappa shape index (κ3) is 9.31. The van der Waals surface area contributed by atoms with Crippen molar-refractivity contribution in [3.8, 4) is 34.0 Å². The van der Waals surface area contributed by atoms with Gasteiger partial charge < -0.3 is 9.47 Å². The highest BCUT2D eigenvalue weighted by Gasteiger charge is 2.07. The Morgan fingerprint density at radius 2 is 1.23 bits per heavy atom. The van der Waals surface area contributed by atoms with E-state index in [1.807, 2.05) is 67.8 Å². The average molecular weight is 479 g/mol. The molecule has 4 nitrogen and oxygen atoms in total. The molecule has 0 spiro atoms. The second-order valence-electron chi connectivity index (χ2n) is 9.01. The highest BCUT2D eigenvalue weighted by Crippen LogP contribution is 2.24. The lowest BCUT2D eigenvalue weighted by Gasteiger charge is -2.10. The SMILES string of the molecule is CCCCCCCCCOc1ccc(-c2ncc(-c3ccc(OCC(F)CCC)cc3)cn2)cc1. The van der Waals surface area contributed by atoms with Gasteiger partial charge in [0.1, 0.15) is 24.3 Å². The van der Waals surface area contributed by atoms with Crippen LogP contribution in [0.5, 0.6) is 11.5 Å². The first kappa shape index (κ1) is 26.7. The Kier molecular flexibility index (Phi) is 11.5. The Labute approximate surface area is 209 Å². The second kappa shape index (κ2) is 15.1. The van der Waals surface area contributed by atoms with Crippen LogP contribution in [0.25, 0.3) is 22.5 Å². The Bertz CT molecular complexity index is 959. The summed E-state index contributed by atoms with van der Waals surface area (Å²) in [5.41, 5.74) is 2.86. The van der Waals surface area contributed by atoms with E-state index in [2.05, 4.69) is 16.9 Å². The number of aromatic nitrogens is 2. The van der Waals surface area contributed by atoms with E-state index < -0.39 is 6.17 Å². The minimum atomic E-state index is -0.925. The quantitative estimate of drug-likeness (QED) is 0.194. The van der Waals surface area contributed by atoms with Crippen molar-refractivity contribution >= 4 is 0 Å². The standard InChI is InChI=1S/C30H39FN2O2/c1-3-5-6-7-8-9-10-20-34-28-18-14-25(15-19-28)30-32-21-26(22-33-30)24-12-16-29(17-13-24)35-23-27(31)11-4-2/h12-19,21-22,27H,3-11,20,23H2,1-2H3. The van der Waals surface area contributed by atoms with Crippen molar-refractivity contribution in [3.63, 3.8) is 0 Å². The van der Waals surface area contributed by atoms with E-state index in [1.54, 1.807) is 0 Å². The predicted octanol–water partition coefficient (Wildman–Crippen LogP) is 8.46. The molecule has 0 aliphatic heterocycles. The van der Waals surface area contributed by atoms with E-state index in [0.717, 1.165) is 41.9 Å². The molecule has 0 aliphatic rings. The summed E-state index contributed by atoms with van der Waals surface area (Å²) in [4.78, 5) is 9.08. The fourth-order valence-corrected chi connectivity index (χ4v) is 3.90. The highest BCUT2D eigenvalue weighted by molar-refractivity contribution is 5.64. The fourth-order valence-electron chi connectivity index (χ4n) is 3.90. The minimum Gasteiger partial charge on any atom is -0.494 e. The first-order valence-corrected chi connectivity index (χ1v) is 13.1. The summed E-state index contributed by atoms with van der Waals surface area (Å²) >= 11 is 0. The van der Waals surface area contributed by atoms with Crippen LogP contribution < -0.4 is 9.47 Å². The second-order valence-corrected chi connectivity index (χ2v) is 9.01. The molecule has 0 bridgehead atoms. The molecular formula is C30H39FN2O2.